The average Bonchev–Trinajstić information content (AvgIpc) is 3.75. The molecule has 0 saturated heterocycles. The molecule has 0 atom stereocenters. The Morgan fingerprint density at radius 2 is 1.56 bits per heavy atom. The lowest BCUT2D eigenvalue weighted by atomic mass is 9.92. The molecule has 12 heteroatoms. The van der Waals surface area contributed by atoms with Crippen molar-refractivity contribution >= 4 is 47.5 Å². The van der Waals surface area contributed by atoms with Crippen LogP contribution in [0.25, 0.3) is 44.2 Å². The number of benzene rings is 4. The van der Waals surface area contributed by atoms with E-state index in [1.165, 1.54) is 4.31 Å². The summed E-state index contributed by atoms with van der Waals surface area (Å²) in [5.41, 5.74) is 6.30. The highest BCUT2D eigenvalue weighted by atomic mass is 32.2. The number of fused-ring (bicyclic) bond motifs is 3. The zero-order valence-electron chi connectivity index (χ0n) is 27.3. The molecule has 0 spiro atoms. The summed E-state index contributed by atoms with van der Waals surface area (Å²) >= 11 is 0. The van der Waals surface area contributed by atoms with E-state index in [9.17, 15) is 21.9 Å². The van der Waals surface area contributed by atoms with Crippen molar-refractivity contribution in [3.63, 3.8) is 0 Å². The van der Waals surface area contributed by atoms with Gasteiger partial charge in [-0.05, 0) is 59.5 Å². The number of aryl methyl sites for hydroxylation is 1. The molecule has 7 rings (SSSR count). The fourth-order valence-corrected chi connectivity index (χ4v) is 8.88. The number of hydrogen-bond donors (Lipinski definition) is 2. The van der Waals surface area contributed by atoms with Gasteiger partial charge >= 0.3 is 0 Å². The third kappa shape index (κ3) is 6.52. The number of aliphatic hydroxyl groups is 1. The van der Waals surface area contributed by atoms with Crippen molar-refractivity contribution in [2.75, 3.05) is 17.1 Å². The first kappa shape index (κ1) is 33.2. The maximum Gasteiger partial charge on any atom is 0.234 e. The van der Waals surface area contributed by atoms with Crippen LogP contribution in [0, 0.1) is 0 Å². The Kier molecular flexibility index (Phi) is 9.00. The Morgan fingerprint density at radius 1 is 0.840 bits per heavy atom. The number of H-pyrrole nitrogens is 1. The molecule has 0 saturated carbocycles. The SMILES string of the molecule is CN(c1ccc(-c2cnc3[nH]c4ccc(CS(=O)(=O)c5ccccc5)cc4c3c2-c2ccccc2)cc1)S(=O)(=O)CCCn1ccnc1CO. The standard InChI is InChI=1S/C38H35N5O5S2/c1-42(50(47,48)22-8-20-43-21-19-39-35(43)25-44)30-16-14-28(15-17-30)33-24-40-38-37(36(33)29-9-4-2-5-10-29)32-23-27(13-18-34(32)41-38)26-49(45,46)31-11-6-3-7-12-31/h2-7,9-19,21,23-24,44H,8,20,22,25-26H2,1H3,(H,40,41). The molecular weight excluding hydrogens is 671 g/mol. The first-order valence-corrected chi connectivity index (χ1v) is 19.4. The number of sulfone groups is 1. The number of pyridine rings is 1. The van der Waals surface area contributed by atoms with Gasteiger partial charge in [0.1, 0.15) is 18.1 Å². The Labute approximate surface area is 290 Å². The molecule has 0 aliphatic carbocycles. The third-order valence-electron chi connectivity index (χ3n) is 8.91. The second-order valence-corrected chi connectivity index (χ2v) is 16.2. The summed E-state index contributed by atoms with van der Waals surface area (Å²) in [6, 6.07) is 31.4. The van der Waals surface area contributed by atoms with E-state index in [0.717, 1.165) is 38.5 Å². The molecule has 10 nitrogen and oxygen atoms in total. The highest BCUT2D eigenvalue weighted by Crippen LogP contribution is 2.41. The van der Waals surface area contributed by atoms with Crippen molar-refractivity contribution in [2.24, 2.45) is 0 Å². The molecule has 0 bridgehead atoms. The van der Waals surface area contributed by atoms with E-state index in [0.29, 0.717) is 35.7 Å². The van der Waals surface area contributed by atoms with Crippen LogP contribution in [0.4, 0.5) is 5.69 Å². The Bertz CT molecular complexity index is 2510. The van der Waals surface area contributed by atoms with Gasteiger partial charge in [-0.3, -0.25) is 4.31 Å². The van der Waals surface area contributed by atoms with Gasteiger partial charge in [-0.2, -0.15) is 0 Å². The summed E-state index contributed by atoms with van der Waals surface area (Å²) < 4.78 is 56.0. The number of rotatable bonds is 12. The summed E-state index contributed by atoms with van der Waals surface area (Å²) in [5.74, 6) is 0.291. The molecule has 3 heterocycles. The summed E-state index contributed by atoms with van der Waals surface area (Å²) in [5, 5.41) is 11.2. The number of aromatic amines is 1. The Morgan fingerprint density at radius 3 is 2.28 bits per heavy atom. The van der Waals surface area contributed by atoms with Gasteiger partial charge in [0.2, 0.25) is 10.0 Å². The van der Waals surface area contributed by atoms with E-state index in [4.69, 9.17) is 4.98 Å². The minimum absolute atomic E-state index is 0.0672. The summed E-state index contributed by atoms with van der Waals surface area (Å²) in [6.07, 6.45) is 5.49. The Balaban J connectivity index is 1.23. The van der Waals surface area contributed by atoms with Gasteiger partial charge in [0, 0.05) is 59.6 Å². The molecule has 50 heavy (non-hydrogen) atoms. The van der Waals surface area contributed by atoms with Crippen LogP contribution in [0.1, 0.15) is 17.8 Å². The second kappa shape index (κ2) is 13.5. The molecule has 4 aromatic carbocycles. The predicted octanol–water partition coefficient (Wildman–Crippen LogP) is 6.57. The maximum atomic E-state index is 13.3. The second-order valence-electron chi connectivity index (χ2n) is 12.1. The monoisotopic (exact) mass is 705 g/mol. The van der Waals surface area contributed by atoms with Crippen LogP contribution in [0.2, 0.25) is 0 Å². The number of imidazole rings is 1. The van der Waals surface area contributed by atoms with Crippen molar-refractivity contribution in [3.05, 3.63) is 133 Å². The highest BCUT2D eigenvalue weighted by Gasteiger charge is 2.22. The van der Waals surface area contributed by atoms with Gasteiger partial charge in [0.15, 0.2) is 9.84 Å². The van der Waals surface area contributed by atoms with Gasteiger partial charge in [-0.15, -0.1) is 0 Å². The molecule has 0 amide bonds. The van der Waals surface area contributed by atoms with Crippen LogP contribution in [0.3, 0.4) is 0 Å². The topological polar surface area (TPSA) is 138 Å². The molecule has 3 aromatic heterocycles. The third-order valence-corrected chi connectivity index (χ3v) is 12.5. The van der Waals surface area contributed by atoms with Gasteiger partial charge in [0.25, 0.3) is 0 Å². The first-order valence-electron chi connectivity index (χ1n) is 16.1. The summed E-state index contributed by atoms with van der Waals surface area (Å²) in [6.45, 7) is 0.221. The lowest BCUT2D eigenvalue weighted by molar-refractivity contribution is 0.265. The van der Waals surface area contributed by atoms with Crippen LogP contribution < -0.4 is 4.31 Å². The van der Waals surface area contributed by atoms with Crippen molar-refractivity contribution in [3.8, 4) is 22.3 Å². The zero-order valence-corrected chi connectivity index (χ0v) is 28.9. The van der Waals surface area contributed by atoms with Crippen LogP contribution in [-0.4, -0.2) is 54.3 Å². The number of aliphatic hydroxyl groups excluding tert-OH is 1. The molecule has 254 valence electrons. The van der Waals surface area contributed by atoms with Crippen LogP contribution in [-0.2, 0) is 38.8 Å². The maximum absolute atomic E-state index is 13.3. The molecule has 0 radical (unpaired) electrons. The normalized spacial score (nSPS) is 12.1. The minimum Gasteiger partial charge on any atom is -0.388 e. The lowest BCUT2D eigenvalue weighted by Gasteiger charge is -2.20. The van der Waals surface area contributed by atoms with E-state index < -0.39 is 19.9 Å². The number of sulfonamides is 1. The number of anilines is 1. The number of hydrogen-bond acceptors (Lipinski definition) is 7. The van der Waals surface area contributed by atoms with E-state index in [1.54, 1.807) is 66.5 Å². The van der Waals surface area contributed by atoms with Crippen LogP contribution in [0.15, 0.2) is 127 Å². The number of nitrogens with one attached hydrogen (secondary N) is 1. The minimum atomic E-state index is -3.62. The van der Waals surface area contributed by atoms with Crippen LogP contribution >= 0.6 is 0 Å². The van der Waals surface area contributed by atoms with Gasteiger partial charge in [0.05, 0.1) is 22.1 Å². The summed E-state index contributed by atoms with van der Waals surface area (Å²) in [4.78, 5) is 12.6. The fraction of sp³-hybridized carbons (Fsp3) is 0.158. The molecular formula is C38H35N5O5S2. The lowest BCUT2D eigenvalue weighted by Crippen LogP contribution is -2.29. The zero-order chi connectivity index (χ0) is 34.9. The smallest absolute Gasteiger partial charge is 0.234 e. The van der Waals surface area contributed by atoms with E-state index in [2.05, 4.69) is 9.97 Å². The van der Waals surface area contributed by atoms with E-state index >= 15 is 0 Å². The first-order chi connectivity index (χ1) is 24.1. The summed E-state index contributed by atoms with van der Waals surface area (Å²) in [7, 11) is -5.63. The molecule has 0 aliphatic rings. The van der Waals surface area contributed by atoms with Gasteiger partial charge in [-0.1, -0.05) is 66.7 Å². The molecule has 0 fully saturated rings. The molecule has 7 aromatic rings. The molecule has 2 N–H and O–H groups in total. The highest BCUT2D eigenvalue weighted by molar-refractivity contribution is 7.92. The quantitative estimate of drug-likeness (QED) is 0.147. The fourth-order valence-electron chi connectivity index (χ4n) is 6.31. The molecule has 0 aliphatic heterocycles. The van der Waals surface area contributed by atoms with Gasteiger partial charge in [-0.25, -0.2) is 26.8 Å². The average molecular weight is 706 g/mol. The van der Waals surface area contributed by atoms with Crippen molar-refractivity contribution < 1.29 is 21.9 Å². The predicted molar refractivity (Wildman–Crippen MR) is 197 cm³/mol. The number of nitrogens with zero attached hydrogens (tertiary/aromatic N) is 4. The largest absolute Gasteiger partial charge is 0.388 e. The number of aromatic nitrogens is 4. The van der Waals surface area contributed by atoms with Crippen molar-refractivity contribution in [1.29, 1.82) is 0 Å². The van der Waals surface area contributed by atoms with Crippen molar-refractivity contribution in [1.82, 2.24) is 19.5 Å². The van der Waals surface area contributed by atoms with E-state index in [1.807, 2.05) is 66.9 Å². The molecule has 0 unspecified atom stereocenters. The Hall–Kier alpha value is -5.30. The van der Waals surface area contributed by atoms with Crippen LogP contribution in [0.5, 0.6) is 0 Å². The van der Waals surface area contributed by atoms with Gasteiger partial charge < -0.3 is 14.7 Å². The van der Waals surface area contributed by atoms with E-state index in [-0.39, 0.29) is 23.0 Å². The van der Waals surface area contributed by atoms with Crippen molar-refractivity contribution in [2.45, 2.75) is 30.2 Å².